The number of carbonyl (C=O) groups excluding carboxylic acids is 1. The van der Waals surface area contributed by atoms with Crippen LogP contribution in [0.2, 0.25) is 0 Å². The number of halogens is 1. The molecule has 8 heteroatoms. The first-order valence-electron chi connectivity index (χ1n) is 6.20. The molecule has 0 fully saturated rings. The van der Waals surface area contributed by atoms with Crippen molar-refractivity contribution < 1.29 is 9.53 Å². The standard InChI is InChI=1S/C14H14BrN5O2/c1-2-22-13(21)6-3-9-7-10(15)4-5-11(9)19-20-12(8-16)14(17)18/h3-7,19H,2H2,1H3,(H3,17,18)/b6-3?,20-12+. The van der Waals surface area contributed by atoms with Gasteiger partial charge in [-0.3, -0.25) is 10.8 Å². The summed E-state index contributed by atoms with van der Waals surface area (Å²) in [7, 11) is 0. The smallest absolute Gasteiger partial charge is 0.330 e. The zero-order valence-electron chi connectivity index (χ0n) is 11.8. The minimum atomic E-state index is -0.460. The molecule has 22 heavy (non-hydrogen) atoms. The van der Waals surface area contributed by atoms with Crippen molar-refractivity contribution in [3.05, 3.63) is 34.3 Å². The number of benzene rings is 1. The fourth-order valence-electron chi connectivity index (χ4n) is 1.38. The molecule has 0 saturated carbocycles. The van der Waals surface area contributed by atoms with Gasteiger partial charge in [0.05, 0.1) is 12.3 Å². The number of hydrazone groups is 1. The van der Waals surface area contributed by atoms with Gasteiger partial charge in [0, 0.05) is 16.1 Å². The van der Waals surface area contributed by atoms with E-state index >= 15 is 0 Å². The van der Waals surface area contributed by atoms with Crippen molar-refractivity contribution in [3.63, 3.8) is 0 Å². The Morgan fingerprint density at radius 2 is 2.36 bits per heavy atom. The summed E-state index contributed by atoms with van der Waals surface area (Å²) in [6.45, 7) is 2.01. The number of carbonyl (C=O) groups is 1. The third kappa shape index (κ3) is 5.38. The molecule has 4 N–H and O–H groups in total. The Morgan fingerprint density at radius 1 is 1.64 bits per heavy atom. The summed E-state index contributed by atoms with van der Waals surface area (Å²) in [4.78, 5) is 11.4. The van der Waals surface area contributed by atoms with Crippen molar-refractivity contribution in [1.29, 1.82) is 10.7 Å². The fourth-order valence-corrected chi connectivity index (χ4v) is 1.76. The average Bonchev–Trinajstić information content (AvgIpc) is 2.47. The Morgan fingerprint density at radius 3 is 2.95 bits per heavy atom. The Labute approximate surface area is 136 Å². The van der Waals surface area contributed by atoms with Gasteiger partial charge in [-0.05, 0) is 31.2 Å². The lowest BCUT2D eigenvalue weighted by atomic mass is 10.1. The Bertz CT molecular complexity index is 676. The number of hydrogen-bond donors (Lipinski definition) is 3. The van der Waals surface area contributed by atoms with Gasteiger partial charge in [-0.15, -0.1) is 0 Å². The van der Waals surface area contributed by atoms with Gasteiger partial charge >= 0.3 is 5.97 Å². The highest BCUT2D eigenvalue weighted by atomic mass is 79.9. The molecule has 0 amide bonds. The van der Waals surface area contributed by atoms with Crippen molar-refractivity contribution in [3.8, 4) is 6.07 Å². The predicted octanol–water partition coefficient (Wildman–Crippen LogP) is 2.25. The predicted molar refractivity (Wildman–Crippen MR) is 88.4 cm³/mol. The topological polar surface area (TPSA) is 124 Å². The first kappa shape index (κ1) is 17.4. The molecule has 114 valence electrons. The maximum atomic E-state index is 11.4. The SMILES string of the molecule is CCOC(=O)C=Cc1cc(Br)ccc1N/N=C(\C#N)C(=N)N. The molecule has 0 spiro atoms. The van der Waals surface area contributed by atoms with Crippen LogP contribution in [0.15, 0.2) is 33.8 Å². The molecule has 0 unspecified atom stereocenters. The molecular formula is C14H14BrN5O2. The number of rotatable bonds is 6. The average molecular weight is 364 g/mol. The van der Waals surface area contributed by atoms with Crippen LogP contribution in [0.5, 0.6) is 0 Å². The monoisotopic (exact) mass is 363 g/mol. The molecule has 0 aromatic heterocycles. The zero-order chi connectivity index (χ0) is 16.5. The number of nitrogens with one attached hydrogen (secondary N) is 2. The lowest BCUT2D eigenvalue weighted by Crippen LogP contribution is -2.21. The van der Waals surface area contributed by atoms with E-state index in [0.29, 0.717) is 17.9 Å². The highest BCUT2D eigenvalue weighted by Gasteiger charge is 2.04. The summed E-state index contributed by atoms with van der Waals surface area (Å²) in [5.74, 6) is -0.894. The second-order valence-corrected chi connectivity index (χ2v) is 4.83. The number of ether oxygens (including phenoxy) is 1. The van der Waals surface area contributed by atoms with Crippen LogP contribution in [-0.4, -0.2) is 24.1 Å². The van der Waals surface area contributed by atoms with E-state index in [1.54, 1.807) is 37.3 Å². The molecule has 0 aliphatic heterocycles. The lowest BCUT2D eigenvalue weighted by Gasteiger charge is -2.06. The largest absolute Gasteiger partial charge is 0.463 e. The summed E-state index contributed by atoms with van der Waals surface area (Å²) >= 11 is 3.33. The number of esters is 1. The van der Waals surface area contributed by atoms with Crippen molar-refractivity contribution >= 4 is 45.2 Å². The Kier molecular flexibility index (Phi) is 6.79. The van der Waals surface area contributed by atoms with Gasteiger partial charge in [0.2, 0.25) is 5.71 Å². The van der Waals surface area contributed by atoms with E-state index < -0.39 is 11.8 Å². The van der Waals surface area contributed by atoms with E-state index in [-0.39, 0.29) is 5.71 Å². The van der Waals surface area contributed by atoms with Crippen LogP contribution in [0.3, 0.4) is 0 Å². The van der Waals surface area contributed by atoms with Crippen LogP contribution < -0.4 is 11.2 Å². The first-order valence-corrected chi connectivity index (χ1v) is 6.99. The summed E-state index contributed by atoms with van der Waals surface area (Å²) in [6.07, 6.45) is 2.84. The van der Waals surface area contributed by atoms with Gasteiger partial charge in [0.1, 0.15) is 6.07 Å². The number of nitrogens with two attached hydrogens (primary N) is 1. The molecule has 0 aliphatic carbocycles. The van der Waals surface area contributed by atoms with Crippen LogP contribution in [-0.2, 0) is 9.53 Å². The second-order valence-electron chi connectivity index (χ2n) is 3.91. The van der Waals surface area contributed by atoms with Crippen molar-refractivity contribution in [2.45, 2.75) is 6.92 Å². The minimum absolute atomic E-state index is 0.233. The first-order chi connectivity index (χ1) is 10.5. The van der Waals surface area contributed by atoms with Gasteiger partial charge in [0.15, 0.2) is 5.84 Å². The van der Waals surface area contributed by atoms with Gasteiger partial charge in [-0.2, -0.15) is 10.4 Å². The molecule has 0 bridgehead atoms. The maximum Gasteiger partial charge on any atom is 0.330 e. The highest BCUT2D eigenvalue weighted by Crippen LogP contribution is 2.22. The van der Waals surface area contributed by atoms with Gasteiger partial charge in [-0.25, -0.2) is 4.79 Å². The normalized spacial score (nSPS) is 11.0. The third-order valence-electron chi connectivity index (χ3n) is 2.35. The second kappa shape index (κ2) is 8.59. The van der Waals surface area contributed by atoms with Crippen LogP contribution >= 0.6 is 15.9 Å². The number of anilines is 1. The lowest BCUT2D eigenvalue weighted by molar-refractivity contribution is -0.137. The third-order valence-corrected chi connectivity index (χ3v) is 2.84. The van der Waals surface area contributed by atoms with Crippen molar-refractivity contribution in [1.82, 2.24) is 0 Å². The van der Waals surface area contributed by atoms with Crippen LogP contribution in [0.25, 0.3) is 6.08 Å². The number of amidine groups is 1. The minimum Gasteiger partial charge on any atom is -0.463 e. The molecule has 0 aliphatic rings. The molecule has 1 aromatic carbocycles. The van der Waals surface area contributed by atoms with E-state index in [1.807, 2.05) is 0 Å². The van der Waals surface area contributed by atoms with Crippen LogP contribution in [0.1, 0.15) is 12.5 Å². The Hall–Kier alpha value is -2.66. The highest BCUT2D eigenvalue weighted by molar-refractivity contribution is 9.10. The van der Waals surface area contributed by atoms with Crippen LogP contribution in [0.4, 0.5) is 5.69 Å². The molecule has 0 atom stereocenters. The summed E-state index contributed by atoms with van der Waals surface area (Å²) in [6, 6.07) is 6.93. The maximum absolute atomic E-state index is 11.4. The van der Waals surface area contributed by atoms with E-state index in [2.05, 4.69) is 26.5 Å². The van der Waals surface area contributed by atoms with Crippen molar-refractivity contribution in [2.75, 3.05) is 12.0 Å². The molecule has 0 saturated heterocycles. The molecule has 7 nitrogen and oxygen atoms in total. The molecule has 1 rings (SSSR count). The molecule has 0 radical (unpaired) electrons. The molecular weight excluding hydrogens is 350 g/mol. The van der Waals surface area contributed by atoms with Crippen molar-refractivity contribution in [2.24, 2.45) is 10.8 Å². The molecule has 0 heterocycles. The van der Waals surface area contributed by atoms with E-state index in [0.717, 1.165) is 4.47 Å². The van der Waals surface area contributed by atoms with Gasteiger partial charge in [-0.1, -0.05) is 15.9 Å². The quantitative estimate of drug-likeness (QED) is 0.235. The number of nitrogens with zero attached hydrogens (tertiary/aromatic N) is 2. The summed E-state index contributed by atoms with van der Waals surface area (Å²) < 4.78 is 5.61. The zero-order valence-corrected chi connectivity index (χ0v) is 13.3. The van der Waals surface area contributed by atoms with Gasteiger partial charge < -0.3 is 10.5 Å². The summed E-state index contributed by atoms with van der Waals surface area (Å²) in [5.41, 5.74) is 8.81. The van der Waals surface area contributed by atoms with E-state index in [1.165, 1.54) is 6.08 Å². The number of nitriles is 1. The fraction of sp³-hybridized carbons (Fsp3) is 0.143. The summed E-state index contributed by atoms with van der Waals surface area (Å²) in [5, 5.41) is 19.7. The van der Waals surface area contributed by atoms with E-state index in [9.17, 15) is 4.79 Å². The molecule has 1 aromatic rings. The van der Waals surface area contributed by atoms with Crippen LogP contribution in [0, 0.1) is 16.7 Å². The van der Waals surface area contributed by atoms with E-state index in [4.69, 9.17) is 21.1 Å². The van der Waals surface area contributed by atoms with Gasteiger partial charge in [0.25, 0.3) is 0 Å². The number of hydrogen-bond acceptors (Lipinski definition) is 6. The Balaban J connectivity index is 3.04.